The van der Waals surface area contributed by atoms with Gasteiger partial charge in [0.25, 0.3) is 0 Å². The van der Waals surface area contributed by atoms with Gasteiger partial charge in [-0.1, -0.05) is 12.1 Å². The zero-order valence-electron chi connectivity index (χ0n) is 8.60. The van der Waals surface area contributed by atoms with Gasteiger partial charge < -0.3 is 15.7 Å². The fraction of sp³-hybridized carbons (Fsp3) is 0.571. The highest BCUT2D eigenvalue weighted by Crippen LogP contribution is 1.91. The van der Waals surface area contributed by atoms with E-state index in [9.17, 15) is 9.59 Å². The largest absolute Gasteiger partial charge is 0.481 e. The molecule has 1 aromatic rings. The maximum atomic E-state index is 11.2. The average molecular weight is 228 g/mol. The molecule has 1 rings (SSSR count). The van der Waals surface area contributed by atoms with Gasteiger partial charge in [0, 0.05) is 6.54 Å². The van der Waals surface area contributed by atoms with E-state index in [1.165, 1.54) is 6.92 Å². The molecule has 0 aliphatic rings. The molecule has 1 atom stereocenters. The highest BCUT2D eigenvalue weighted by molar-refractivity contribution is 5.75. The second-order valence-corrected chi connectivity index (χ2v) is 3.13. The first kappa shape index (κ1) is 11.9. The Bertz CT molecular complexity index is 351. The van der Waals surface area contributed by atoms with Crippen LogP contribution in [0, 0.1) is 5.92 Å². The molecule has 9 nitrogen and oxygen atoms in total. The number of urea groups is 1. The fourth-order valence-electron chi connectivity index (χ4n) is 0.812. The lowest BCUT2D eigenvalue weighted by Crippen LogP contribution is -2.39. The summed E-state index contributed by atoms with van der Waals surface area (Å²) >= 11 is 0. The molecule has 0 fully saturated rings. The number of H-pyrrole nitrogens is 1. The van der Waals surface area contributed by atoms with Crippen molar-refractivity contribution in [1.29, 1.82) is 0 Å². The normalized spacial score (nSPS) is 11.8. The van der Waals surface area contributed by atoms with E-state index in [0.29, 0.717) is 5.82 Å². The van der Waals surface area contributed by atoms with E-state index < -0.39 is 17.9 Å². The predicted octanol–water partition coefficient (Wildman–Crippen LogP) is -1.28. The van der Waals surface area contributed by atoms with Gasteiger partial charge in [0.05, 0.1) is 12.5 Å². The first-order chi connectivity index (χ1) is 7.59. The molecule has 2 amide bonds. The number of hydrogen-bond acceptors (Lipinski definition) is 5. The Morgan fingerprint density at radius 2 is 2.25 bits per heavy atom. The van der Waals surface area contributed by atoms with E-state index in [2.05, 4.69) is 31.3 Å². The summed E-state index contributed by atoms with van der Waals surface area (Å²) in [5.74, 6) is -1.24. The summed E-state index contributed by atoms with van der Waals surface area (Å²) in [5.41, 5.74) is 0. The minimum absolute atomic E-state index is 0.0629. The lowest BCUT2D eigenvalue weighted by molar-refractivity contribution is -0.140. The molecule has 0 saturated heterocycles. The molecule has 0 aromatic carbocycles. The number of tetrazole rings is 1. The molecule has 1 unspecified atom stereocenters. The van der Waals surface area contributed by atoms with Crippen molar-refractivity contribution in [1.82, 2.24) is 31.3 Å². The van der Waals surface area contributed by atoms with Crippen LogP contribution < -0.4 is 10.6 Å². The number of nitrogens with zero attached hydrogens (tertiary/aromatic N) is 3. The van der Waals surface area contributed by atoms with Crippen LogP contribution in [0.15, 0.2) is 0 Å². The number of aromatic amines is 1. The molecule has 88 valence electrons. The van der Waals surface area contributed by atoms with E-state index in [0.717, 1.165) is 0 Å². The van der Waals surface area contributed by atoms with Crippen molar-refractivity contribution in [3.63, 3.8) is 0 Å². The first-order valence-corrected chi connectivity index (χ1v) is 4.56. The number of aromatic nitrogens is 4. The maximum absolute atomic E-state index is 11.2. The summed E-state index contributed by atoms with van der Waals surface area (Å²) in [7, 11) is 0. The number of amides is 2. The van der Waals surface area contributed by atoms with Gasteiger partial charge >= 0.3 is 12.0 Å². The molecule has 9 heteroatoms. The van der Waals surface area contributed by atoms with Gasteiger partial charge in [-0.2, -0.15) is 5.21 Å². The van der Waals surface area contributed by atoms with Crippen molar-refractivity contribution in [2.24, 2.45) is 5.92 Å². The Balaban J connectivity index is 2.19. The summed E-state index contributed by atoms with van der Waals surface area (Å²) in [6.07, 6.45) is 0. The van der Waals surface area contributed by atoms with E-state index in [-0.39, 0.29) is 13.1 Å². The van der Waals surface area contributed by atoms with E-state index in [1.807, 2.05) is 0 Å². The first-order valence-electron chi connectivity index (χ1n) is 4.56. The van der Waals surface area contributed by atoms with Gasteiger partial charge in [-0.25, -0.2) is 4.79 Å². The molecule has 0 bridgehead atoms. The molecule has 0 radical (unpaired) electrons. The molecular formula is C7H12N6O3. The monoisotopic (exact) mass is 228 g/mol. The number of aliphatic carboxylic acids is 1. The van der Waals surface area contributed by atoms with Crippen molar-refractivity contribution in [3.8, 4) is 0 Å². The van der Waals surface area contributed by atoms with Crippen molar-refractivity contribution < 1.29 is 14.7 Å². The van der Waals surface area contributed by atoms with Crippen LogP contribution in [0.2, 0.25) is 0 Å². The Hall–Kier alpha value is -2.19. The zero-order valence-corrected chi connectivity index (χ0v) is 8.60. The maximum Gasteiger partial charge on any atom is 0.315 e. The number of carboxylic acid groups (broad SMARTS) is 1. The van der Waals surface area contributed by atoms with E-state index in [1.54, 1.807) is 0 Å². The number of nitrogens with one attached hydrogen (secondary N) is 3. The van der Waals surface area contributed by atoms with Gasteiger partial charge in [-0.15, -0.1) is 10.2 Å². The van der Waals surface area contributed by atoms with Gasteiger partial charge in [0.1, 0.15) is 0 Å². The number of carbonyl (C=O) groups excluding carboxylic acids is 1. The van der Waals surface area contributed by atoms with Crippen LogP contribution in [0.4, 0.5) is 4.79 Å². The third kappa shape index (κ3) is 3.90. The second-order valence-electron chi connectivity index (χ2n) is 3.13. The zero-order chi connectivity index (χ0) is 12.0. The highest BCUT2D eigenvalue weighted by atomic mass is 16.4. The molecule has 0 aliphatic heterocycles. The minimum Gasteiger partial charge on any atom is -0.481 e. The Labute approximate surface area is 90.6 Å². The summed E-state index contributed by atoms with van der Waals surface area (Å²) in [6, 6.07) is -0.474. The smallest absolute Gasteiger partial charge is 0.315 e. The van der Waals surface area contributed by atoms with Crippen molar-refractivity contribution in [2.45, 2.75) is 13.5 Å². The fourth-order valence-corrected chi connectivity index (χ4v) is 0.812. The van der Waals surface area contributed by atoms with Crippen LogP contribution in [0.25, 0.3) is 0 Å². The second kappa shape index (κ2) is 5.63. The Kier molecular flexibility index (Phi) is 4.18. The average Bonchev–Trinajstić information content (AvgIpc) is 2.75. The van der Waals surface area contributed by atoms with Crippen LogP contribution in [0.5, 0.6) is 0 Å². The van der Waals surface area contributed by atoms with Crippen LogP contribution >= 0.6 is 0 Å². The van der Waals surface area contributed by atoms with Gasteiger partial charge in [-0.3, -0.25) is 4.79 Å². The summed E-state index contributed by atoms with van der Waals surface area (Å²) in [5, 5.41) is 26.2. The quantitative estimate of drug-likeness (QED) is 0.496. The van der Waals surface area contributed by atoms with E-state index >= 15 is 0 Å². The molecule has 0 spiro atoms. The topological polar surface area (TPSA) is 133 Å². The van der Waals surface area contributed by atoms with Crippen molar-refractivity contribution in [2.75, 3.05) is 6.54 Å². The van der Waals surface area contributed by atoms with Crippen LogP contribution in [0.3, 0.4) is 0 Å². The molecule has 16 heavy (non-hydrogen) atoms. The van der Waals surface area contributed by atoms with Gasteiger partial charge in [-0.05, 0) is 0 Å². The van der Waals surface area contributed by atoms with Crippen molar-refractivity contribution in [3.05, 3.63) is 5.82 Å². The molecule has 1 aromatic heterocycles. The van der Waals surface area contributed by atoms with Crippen molar-refractivity contribution >= 4 is 12.0 Å². The number of carboxylic acids is 1. The lowest BCUT2D eigenvalue weighted by atomic mass is 10.2. The lowest BCUT2D eigenvalue weighted by Gasteiger charge is -2.08. The third-order valence-corrected chi connectivity index (χ3v) is 1.79. The minimum atomic E-state index is -0.960. The van der Waals surface area contributed by atoms with Gasteiger partial charge in [0.15, 0.2) is 5.82 Å². The SMILES string of the molecule is CC(CNC(=O)NCc1nn[nH]n1)C(=O)O. The molecule has 0 aliphatic carbocycles. The molecule has 0 saturated carbocycles. The van der Waals surface area contributed by atoms with E-state index in [4.69, 9.17) is 5.11 Å². The Morgan fingerprint density at radius 1 is 1.50 bits per heavy atom. The standard InChI is InChI=1S/C7H12N6O3/c1-4(6(14)15)2-8-7(16)9-3-5-10-12-13-11-5/h4H,2-3H2,1H3,(H,14,15)(H2,8,9,16)(H,10,11,12,13). The molecular weight excluding hydrogens is 216 g/mol. The highest BCUT2D eigenvalue weighted by Gasteiger charge is 2.11. The molecule has 4 N–H and O–H groups in total. The predicted molar refractivity (Wildman–Crippen MR) is 51.2 cm³/mol. The Morgan fingerprint density at radius 3 is 2.81 bits per heavy atom. The molecule has 1 heterocycles. The summed E-state index contributed by atoms with van der Waals surface area (Å²) in [4.78, 5) is 21.6. The van der Waals surface area contributed by atoms with Crippen LogP contribution in [0.1, 0.15) is 12.7 Å². The summed E-state index contributed by atoms with van der Waals surface area (Å²) < 4.78 is 0. The van der Waals surface area contributed by atoms with Crippen LogP contribution in [-0.4, -0.2) is 44.3 Å². The summed E-state index contributed by atoms with van der Waals surface area (Å²) in [6.45, 7) is 1.69. The number of hydrogen-bond donors (Lipinski definition) is 4. The third-order valence-electron chi connectivity index (χ3n) is 1.79. The number of rotatable bonds is 5. The van der Waals surface area contributed by atoms with Gasteiger partial charge in [0.2, 0.25) is 0 Å². The number of carbonyl (C=O) groups is 2. The van der Waals surface area contributed by atoms with Crippen LogP contribution in [-0.2, 0) is 11.3 Å².